The van der Waals surface area contributed by atoms with E-state index < -0.39 is 5.25 Å². The van der Waals surface area contributed by atoms with Gasteiger partial charge in [0.2, 0.25) is 11.8 Å². The van der Waals surface area contributed by atoms with E-state index in [4.69, 9.17) is 9.47 Å². The van der Waals surface area contributed by atoms with Crippen molar-refractivity contribution in [2.24, 2.45) is 4.99 Å². The Morgan fingerprint density at radius 1 is 1.14 bits per heavy atom. The number of carbonyl (C=O) groups excluding carboxylic acids is 2. The fourth-order valence-electron chi connectivity index (χ4n) is 3.01. The Kier molecular flexibility index (Phi) is 6.43. The number of methoxy groups -OCH3 is 2. The Morgan fingerprint density at radius 2 is 1.86 bits per heavy atom. The van der Waals surface area contributed by atoms with Crippen LogP contribution in [0.15, 0.2) is 41.4 Å². The smallest absolute Gasteiger partial charge is 0.240 e. The highest BCUT2D eigenvalue weighted by Crippen LogP contribution is 2.30. The maximum Gasteiger partial charge on any atom is 0.240 e. The zero-order chi connectivity index (χ0) is 21.0. The number of anilines is 1. The van der Waals surface area contributed by atoms with E-state index in [0.29, 0.717) is 22.4 Å². The summed E-state index contributed by atoms with van der Waals surface area (Å²) in [5, 5.41) is 5.49. The quantitative estimate of drug-likeness (QED) is 0.756. The molecule has 0 saturated carbocycles. The van der Waals surface area contributed by atoms with E-state index in [-0.39, 0.29) is 18.2 Å². The fraction of sp³-hybridized carbons (Fsp3) is 0.286. The monoisotopic (exact) mass is 413 g/mol. The highest BCUT2D eigenvalue weighted by atomic mass is 32.2. The summed E-state index contributed by atoms with van der Waals surface area (Å²) in [6.45, 7) is 3.99. The topological polar surface area (TPSA) is 89.0 Å². The van der Waals surface area contributed by atoms with E-state index in [0.717, 1.165) is 16.8 Å². The Bertz CT molecular complexity index is 954. The number of hydrogen-bond acceptors (Lipinski definition) is 6. The summed E-state index contributed by atoms with van der Waals surface area (Å²) in [5.74, 6) is 0.583. The Hall–Kier alpha value is -3.00. The molecule has 1 heterocycles. The molecule has 0 radical (unpaired) electrons. The molecule has 8 heteroatoms. The van der Waals surface area contributed by atoms with Crippen molar-refractivity contribution in [1.29, 1.82) is 0 Å². The lowest BCUT2D eigenvalue weighted by atomic mass is 10.1. The molecule has 0 spiro atoms. The molecule has 0 bridgehead atoms. The largest absolute Gasteiger partial charge is 0.497 e. The molecule has 1 atom stereocenters. The minimum atomic E-state index is -0.545. The summed E-state index contributed by atoms with van der Waals surface area (Å²) in [7, 11) is 3.07. The molecule has 0 unspecified atom stereocenters. The SMILES string of the molecule is COc1ccc(OC)c(NC(=O)C[C@@H]2SC(=Nc3cc(C)cc(C)c3)NC2=O)c1. The van der Waals surface area contributed by atoms with Gasteiger partial charge in [-0.05, 0) is 49.2 Å². The molecule has 29 heavy (non-hydrogen) atoms. The molecular formula is C21H23N3O4S. The molecule has 0 aliphatic carbocycles. The normalized spacial score (nSPS) is 17.2. The first kappa shape index (κ1) is 20.7. The van der Waals surface area contributed by atoms with Crippen LogP contribution in [0.4, 0.5) is 11.4 Å². The number of nitrogens with zero attached hydrogens (tertiary/aromatic N) is 1. The fourth-order valence-corrected chi connectivity index (χ4v) is 3.99. The third-order valence-corrected chi connectivity index (χ3v) is 5.35. The highest BCUT2D eigenvalue weighted by Gasteiger charge is 2.32. The molecule has 2 aromatic carbocycles. The van der Waals surface area contributed by atoms with Gasteiger partial charge in [0.25, 0.3) is 0 Å². The van der Waals surface area contributed by atoms with Crippen LogP contribution in [0, 0.1) is 13.8 Å². The van der Waals surface area contributed by atoms with Crippen molar-refractivity contribution in [3.05, 3.63) is 47.5 Å². The zero-order valence-corrected chi connectivity index (χ0v) is 17.6. The Labute approximate surface area is 173 Å². The first-order valence-electron chi connectivity index (χ1n) is 9.04. The number of ether oxygens (including phenoxy) is 2. The number of rotatable bonds is 6. The molecule has 1 aliphatic heterocycles. The van der Waals surface area contributed by atoms with Crippen LogP contribution in [0.1, 0.15) is 17.5 Å². The minimum Gasteiger partial charge on any atom is -0.497 e. The summed E-state index contributed by atoms with van der Waals surface area (Å²) in [5.41, 5.74) is 3.46. The average Bonchev–Trinajstić information content (AvgIpc) is 2.99. The van der Waals surface area contributed by atoms with Gasteiger partial charge in [0.15, 0.2) is 5.17 Å². The predicted molar refractivity (Wildman–Crippen MR) is 115 cm³/mol. The van der Waals surface area contributed by atoms with Crippen LogP contribution < -0.4 is 20.1 Å². The molecule has 1 fully saturated rings. The van der Waals surface area contributed by atoms with Gasteiger partial charge in [-0.25, -0.2) is 4.99 Å². The number of aryl methyl sites for hydroxylation is 2. The van der Waals surface area contributed by atoms with Crippen molar-refractivity contribution in [1.82, 2.24) is 5.32 Å². The van der Waals surface area contributed by atoms with Crippen molar-refractivity contribution in [2.45, 2.75) is 25.5 Å². The lowest BCUT2D eigenvalue weighted by molar-refractivity contribution is -0.122. The molecule has 1 aliphatic rings. The van der Waals surface area contributed by atoms with E-state index in [1.54, 1.807) is 25.3 Å². The number of carbonyl (C=O) groups is 2. The van der Waals surface area contributed by atoms with Crippen molar-refractivity contribution in [2.75, 3.05) is 19.5 Å². The van der Waals surface area contributed by atoms with Crippen LogP contribution in [0.25, 0.3) is 0 Å². The van der Waals surface area contributed by atoms with Gasteiger partial charge in [0, 0.05) is 12.5 Å². The maximum atomic E-state index is 12.5. The molecular weight excluding hydrogens is 390 g/mol. The number of hydrogen-bond donors (Lipinski definition) is 2. The van der Waals surface area contributed by atoms with Gasteiger partial charge in [-0.1, -0.05) is 17.8 Å². The highest BCUT2D eigenvalue weighted by molar-refractivity contribution is 8.15. The zero-order valence-electron chi connectivity index (χ0n) is 16.7. The number of thioether (sulfide) groups is 1. The number of nitrogens with one attached hydrogen (secondary N) is 2. The second-order valence-corrected chi connectivity index (χ2v) is 7.87. The molecule has 7 nitrogen and oxygen atoms in total. The summed E-state index contributed by atoms with van der Waals surface area (Å²) in [6.07, 6.45) is 0.0166. The average molecular weight is 413 g/mol. The summed E-state index contributed by atoms with van der Waals surface area (Å²) < 4.78 is 10.4. The second kappa shape index (κ2) is 9.00. The summed E-state index contributed by atoms with van der Waals surface area (Å²) in [4.78, 5) is 29.3. The predicted octanol–water partition coefficient (Wildman–Crippen LogP) is 3.57. The molecule has 2 amide bonds. The third-order valence-electron chi connectivity index (χ3n) is 4.27. The molecule has 2 aromatic rings. The van der Waals surface area contributed by atoms with E-state index in [1.807, 2.05) is 26.0 Å². The molecule has 0 aromatic heterocycles. The second-order valence-electron chi connectivity index (χ2n) is 6.68. The van der Waals surface area contributed by atoms with Crippen molar-refractivity contribution in [3.8, 4) is 11.5 Å². The van der Waals surface area contributed by atoms with Gasteiger partial charge in [0.1, 0.15) is 16.7 Å². The van der Waals surface area contributed by atoms with E-state index in [1.165, 1.54) is 18.9 Å². The molecule has 2 N–H and O–H groups in total. The standard InChI is InChI=1S/C21H23N3O4S/c1-12-7-13(2)9-14(8-12)22-21-24-20(26)18(29-21)11-19(25)23-16-10-15(27-3)5-6-17(16)28-4/h5-10,18H,11H2,1-4H3,(H,23,25)(H,22,24,26)/t18-/m0/s1. The van der Waals surface area contributed by atoms with E-state index in [2.05, 4.69) is 21.7 Å². The third kappa shape index (κ3) is 5.29. The van der Waals surface area contributed by atoms with Crippen LogP contribution in [0.3, 0.4) is 0 Å². The van der Waals surface area contributed by atoms with Gasteiger partial charge in [-0.3, -0.25) is 9.59 Å². The van der Waals surface area contributed by atoms with Crippen LogP contribution in [0.5, 0.6) is 11.5 Å². The van der Waals surface area contributed by atoms with Gasteiger partial charge in [-0.2, -0.15) is 0 Å². The maximum absolute atomic E-state index is 12.5. The van der Waals surface area contributed by atoms with E-state index >= 15 is 0 Å². The molecule has 3 rings (SSSR count). The first-order chi connectivity index (χ1) is 13.9. The van der Waals surface area contributed by atoms with Gasteiger partial charge >= 0.3 is 0 Å². The Balaban J connectivity index is 1.67. The lowest BCUT2D eigenvalue weighted by Crippen LogP contribution is -2.28. The summed E-state index contributed by atoms with van der Waals surface area (Å²) >= 11 is 1.25. The summed E-state index contributed by atoms with van der Waals surface area (Å²) in [6, 6.07) is 11.1. The Morgan fingerprint density at radius 3 is 2.52 bits per heavy atom. The molecule has 1 saturated heterocycles. The molecule has 152 valence electrons. The number of amides is 2. The van der Waals surface area contributed by atoms with Gasteiger partial charge in [-0.15, -0.1) is 0 Å². The van der Waals surface area contributed by atoms with Gasteiger partial charge < -0.3 is 20.1 Å². The van der Waals surface area contributed by atoms with Crippen molar-refractivity contribution < 1.29 is 19.1 Å². The van der Waals surface area contributed by atoms with Crippen molar-refractivity contribution >= 4 is 40.1 Å². The van der Waals surface area contributed by atoms with Crippen LogP contribution >= 0.6 is 11.8 Å². The number of aliphatic imine (C=N–C) groups is 1. The van der Waals surface area contributed by atoms with E-state index in [9.17, 15) is 9.59 Å². The van der Waals surface area contributed by atoms with Crippen molar-refractivity contribution in [3.63, 3.8) is 0 Å². The lowest BCUT2D eigenvalue weighted by Gasteiger charge is -2.12. The van der Waals surface area contributed by atoms with Gasteiger partial charge in [0.05, 0.1) is 25.6 Å². The number of benzene rings is 2. The minimum absolute atomic E-state index is 0.0166. The number of amidine groups is 1. The first-order valence-corrected chi connectivity index (χ1v) is 9.92. The van der Waals surface area contributed by atoms with Crippen LogP contribution in [-0.2, 0) is 9.59 Å². The van der Waals surface area contributed by atoms with Crippen LogP contribution in [-0.4, -0.2) is 36.5 Å². The van der Waals surface area contributed by atoms with Crippen LogP contribution in [0.2, 0.25) is 0 Å².